The number of amides is 3. The molecular weight excluding hydrogens is 569 g/mol. The number of nitrogens with one attached hydrogen (secondary N) is 1. The van der Waals surface area contributed by atoms with E-state index < -0.39 is 23.2 Å². The van der Waals surface area contributed by atoms with Gasteiger partial charge in [-0.15, -0.1) is 0 Å². The van der Waals surface area contributed by atoms with Crippen molar-refractivity contribution in [3.05, 3.63) is 94.6 Å². The van der Waals surface area contributed by atoms with Crippen molar-refractivity contribution in [1.29, 1.82) is 0 Å². The fourth-order valence-corrected chi connectivity index (χ4v) is 5.31. The molecule has 1 aliphatic rings. The lowest BCUT2D eigenvalue weighted by Gasteiger charge is -2.22. The van der Waals surface area contributed by atoms with Gasteiger partial charge in [0, 0.05) is 18.0 Å². The van der Waals surface area contributed by atoms with Crippen LogP contribution in [0.15, 0.2) is 69.9 Å². The molecule has 2 aromatic heterocycles. The van der Waals surface area contributed by atoms with E-state index in [2.05, 4.69) is 15.5 Å². The molecule has 1 saturated carbocycles. The maximum atomic E-state index is 13.6. The van der Waals surface area contributed by atoms with E-state index in [1.165, 1.54) is 49.7 Å². The molecule has 2 heterocycles. The lowest BCUT2D eigenvalue weighted by molar-refractivity contribution is -0.121. The van der Waals surface area contributed by atoms with Gasteiger partial charge in [-0.25, -0.2) is 4.39 Å². The summed E-state index contributed by atoms with van der Waals surface area (Å²) >= 11 is 0. The van der Waals surface area contributed by atoms with Gasteiger partial charge in [-0.2, -0.15) is 4.98 Å². The van der Waals surface area contributed by atoms with Crippen molar-refractivity contribution >= 4 is 34.7 Å². The number of aromatic nitrogens is 2. The van der Waals surface area contributed by atoms with Crippen molar-refractivity contribution < 1.29 is 32.5 Å². The van der Waals surface area contributed by atoms with Crippen LogP contribution in [0.2, 0.25) is 0 Å². The lowest BCUT2D eigenvalue weighted by atomic mass is 9.95. The summed E-state index contributed by atoms with van der Waals surface area (Å²) in [7, 11) is 2.99. The fraction of sp³-hybridized carbons (Fsp3) is 0.219. The molecule has 0 spiro atoms. The third kappa shape index (κ3) is 5.14. The fourth-order valence-electron chi connectivity index (χ4n) is 5.31. The standard InChI is InChI=1S/C32H28FN5O6/c1-17-12-25(42-3)23(29(40)37-32(10-11-32)30(41)38(2)31-35-16-36-44-31)15-20(17)13-18-4-9-24-22(14-18)26(28(34)39)27(43-24)19-5-7-21(33)8-6-19/h4-9,12,14-16H,10-11,13H2,1-3H3,(H2,34,39)(H,37,40). The van der Waals surface area contributed by atoms with Crippen molar-refractivity contribution in [2.75, 3.05) is 19.1 Å². The molecule has 3 N–H and O–H groups in total. The number of benzene rings is 3. The lowest BCUT2D eigenvalue weighted by Crippen LogP contribution is -2.50. The smallest absolute Gasteiger partial charge is 0.330 e. The number of aryl methyl sites for hydroxylation is 1. The number of carbonyl (C=O) groups is 3. The molecule has 12 heteroatoms. The van der Waals surface area contributed by atoms with E-state index in [4.69, 9.17) is 19.4 Å². The zero-order chi connectivity index (χ0) is 31.2. The Balaban J connectivity index is 1.30. The first-order valence-electron chi connectivity index (χ1n) is 13.8. The molecule has 0 bridgehead atoms. The summed E-state index contributed by atoms with van der Waals surface area (Å²) in [6.07, 6.45) is 2.53. The van der Waals surface area contributed by atoms with Gasteiger partial charge in [0.05, 0.1) is 18.2 Å². The minimum absolute atomic E-state index is 0.0320. The van der Waals surface area contributed by atoms with Crippen LogP contribution in [0.5, 0.6) is 5.75 Å². The van der Waals surface area contributed by atoms with Crippen molar-refractivity contribution in [2.24, 2.45) is 5.73 Å². The number of carbonyl (C=O) groups excluding carboxylic acids is 3. The largest absolute Gasteiger partial charge is 0.496 e. The SMILES string of the molecule is COc1cc(C)c(Cc2ccc3oc(-c4ccc(F)cc4)c(C(N)=O)c3c2)cc1C(=O)NC1(C(=O)N(C)c2ncno2)CC1. The molecule has 6 rings (SSSR count). The Bertz CT molecular complexity index is 1910. The van der Waals surface area contributed by atoms with Gasteiger partial charge in [-0.1, -0.05) is 11.2 Å². The molecule has 3 aromatic carbocycles. The summed E-state index contributed by atoms with van der Waals surface area (Å²) in [5.41, 5.74) is 8.66. The molecule has 1 fully saturated rings. The van der Waals surface area contributed by atoms with Crippen LogP contribution in [0.1, 0.15) is 50.2 Å². The van der Waals surface area contributed by atoms with E-state index in [1.54, 1.807) is 18.2 Å². The molecule has 1 aliphatic carbocycles. The Kier molecular flexibility index (Phi) is 7.12. The zero-order valence-electron chi connectivity index (χ0n) is 24.1. The van der Waals surface area contributed by atoms with E-state index >= 15 is 0 Å². The van der Waals surface area contributed by atoms with Gasteiger partial charge in [0.2, 0.25) is 0 Å². The molecule has 0 unspecified atom stereocenters. The molecule has 0 atom stereocenters. The molecule has 3 amide bonds. The number of hydrogen-bond acceptors (Lipinski definition) is 8. The number of ether oxygens (including phenoxy) is 1. The number of nitrogens with two attached hydrogens (primary N) is 1. The second-order valence-corrected chi connectivity index (χ2v) is 10.8. The monoisotopic (exact) mass is 597 g/mol. The summed E-state index contributed by atoms with van der Waals surface area (Å²) in [4.78, 5) is 44.4. The summed E-state index contributed by atoms with van der Waals surface area (Å²) in [6.45, 7) is 1.91. The van der Waals surface area contributed by atoms with Crippen molar-refractivity contribution in [3.63, 3.8) is 0 Å². The van der Waals surface area contributed by atoms with Crippen LogP contribution in [-0.4, -0.2) is 47.6 Å². The summed E-state index contributed by atoms with van der Waals surface area (Å²) in [5.74, 6) is -1.28. The Morgan fingerprint density at radius 1 is 1.11 bits per heavy atom. The van der Waals surface area contributed by atoms with E-state index in [1.807, 2.05) is 19.1 Å². The number of anilines is 1. The van der Waals surface area contributed by atoms with Gasteiger partial charge >= 0.3 is 6.01 Å². The summed E-state index contributed by atoms with van der Waals surface area (Å²) in [5, 5.41) is 6.95. The van der Waals surface area contributed by atoms with Crippen LogP contribution < -0.4 is 20.7 Å². The highest BCUT2D eigenvalue weighted by molar-refractivity contribution is 6.10. The van der Waals surface area contributed by atoms with Gasteiger partial charge in [-0.3, -0.25) is 19.3 Å². The number of halogens is 1. The maximum Gasteiger partial charge on any atom is 0.330 e. The topological polar surface area (TPSA) is 154 Å². The van der Waals surface area contributed by atoms with Gasteiger partial charge in [0.15, 0.2) is 6.33 Å². The number of methoxy groups -OCH3 is 1. The van der Waals surface area contributed by atoms with Crippen LogP contribution in [-0.2, 0) is 11.2 Å². The Labute approximate surface area is 250 Å². The third-order valence-corrected chi connectivity index (χ3v) is 7.86. The first-order valence-corrected chi connectivity index (χ1v) is 13.8. The first-order chi connectivity index (χ1) is 21.1. The molecule has 224 valence electrons. The van der Waals surface area contributed by atoms with Crippen LogP contribution in [0, 0.1) is 12.7 Å². The number of hydrogen-bond donors (Lipinski definition) is 2. The van der Waals surface area contributed by atoms with Crippen LogP contribution >= 0.6 is 0 Å². The highest BCUT2D eigenvalue weighted by Crippen LogP contribution is 2.39. The van der Waals surface area contributed by atoms with Crippen LogP contribution in [0.4, 0.5) is 10.4 Å². The number of rotatable bonds is 9. The number of likely N-dealkylation sites (N-methyl/N-ethyl adjacent to an activating group) is 1. The Morgan fingerprint density at radius 3 is 2.50 bits per heavy atom. The Hall–Kier alpha value is -5.52. The first kappa shape index (κ1) is 28.6. The quantitative estimate of drug-likeness (QED) is 0.251. The highest BCUT2D eigenvalue weighted by Gasteiger charge is 2.53. The van der Waals surface area contributed by atoms with Crippen molar-refractivity contribution in [3.8, 4) is 17.1 Å². The predicted molar refractivity (Wildman–Crippen MR) is 158 cm³/mol. The summed E-state index contributed by atoms with van der Waals surface area (Å²) in [6, 6.07) is 14.6. The van der Waals surface area contributed by atoms with E-state index in [-0.39, 0.29) is 28.8 Å². The molecule has 11 nitrogen and oxygen atoms in total. The number of furan rings is 1. The van der Waals surface area contributed by atoms with Gasteiger partial charge in [-0.05, 0) is 91.4 Å². The number of nitrogens with zero attached hydrogens (tertiary/aromatic N) is 3. The second kappa shape index (κ2) is 11.0. The zero-order valence-corrected chi connectivity index (χ0v) is 24.1. The predicted octanol–water partition coefficient (Wildman–Crippen LogP) is 4.55. The Morgan fingerprint density at radius 2 is 1.86 bits per heavy atom. The molecule has 0 aliphatic heterocycles. The molecular formula is C32H28FN5O6. The third-order valence-electron chi connectivity index (χ3n) is 7.86. The average Bonchev–Trinajstić information content (AvgIpc) is 3.40. The van der Waals surface area contributed by atoms with Crippen LogP contribution in [0.3, 0.4) is 0 Å². The minimum Gasteiger partial charge on any atom is -0.496 e. The van der Waals surface area contributed by atoms with E-state index in [9.17, 15) is 18.8 Å². The minimum atomic E-state index is -1.09. The molecule has 0 saturated heterocycles. The highest BCUT2D eigenvalue weighted by atomic mass is 19.1. The van der Waals surface area contributed by atoms with Gasteiger partial charge < -0.3 is 24.7 Å². The van der Waals surface area contributed by atoms with Crippen molar-refractivity contribution in [1.82, 2.24) is 15.5 Å². The van der Waals surface area contributed by atoms with Gasteiger partial charge in [0.25, 0.3) is 17.7 Å². The molecule has 44 heavy (non-hydrogen) atoms. The van der Waals surface area contributed by atoms with Crippen LogP contribution in [0.25, 0.3) is 22.3 Å². The maximum absolute atomic E-state index is 13.6. The second-order valence-electron chi connectivity index (χ2n) is 10.8. The normalized spacial score (nSPS) is 13.5. The average molecular weight is 598 g/mol. The van der Waals surface area contributed by atoms with E-state index in [0.29, 0.717) is 41.5 Å². The van der Waals surface area contributed by atoms with Crippen molar-refractivity contribution in [2.45, 2.75) is 31.7 Å². The van der Waals surface area contributed by atoms with Gasteiger partial charge in [0.1, 0.15) is 28.4 Å². The number of fused-ring (bicyclic) bond motifs is 1. The van der Waals surface area contributed by atoms with E-state index in [0.717, 1.165) is 16.7 Å². The summed E-state index contributed by atoms with van der Waals surface area (Å²) < 4.78 is 30.0. The number of primary amides is 1. The molecule has 0 radical (unpaired) electrons. The molecule has 5 aromatic rings.